The molecule has 13 heavy (non-hydrogen) atoms. The van der Waals surface area contributed by atoms with Crippen LogP contribution in [0.1, 0.15) is 12.5 Å². The number of hydrogen-bond donors (Lipinski definition) is 0. The molecule has 0 saturated carbocycles. The lowest BCUT2D eigenvalue weighted by molar-refractivity contribution is 0.336. The minimum Gasteiger partial charge on any atom is -0.494 e. The fourth-order valence-corrected chi connectivity index (χ4v) is 1.28. The van der Waals surface area contributed by atoms with Crippen molar-refractivity contribution in [3.05, 3.63) is 28.8 Å². The van der Waals surface area contributed by atoms with Gasteiger partial charge >= 0.3 is 0 Å². The molecule has 0 aliphatic heterocycles. The van der Waals surface area contributed by atoms with Gasteiger partial charge < -0.3 is 4.74 Å². The highest BCUT2D eigenvalue weighted by molar-refractivity contribution is 6.30. The van der Waals surface area contributed by atoms with E-state index in [-0.39, 0.29) is 0 Å². The van der Waals surface area contributed by atoms with Crippen molar-refractivity contribution in [2.75, 3.05) is 6.61 Å². The number of rotatable bonds is 4. The Bertz CT molecular complexity index is 299. The van der Waals surface area contributed by atoms with E-state index < -0.39 is 0 Å². The largest absolute Gasteiger partial charge is 0.494 e. The molecule has 2 nitrogen and oxygen atoms in total. The Morgan fingerprint density at radius 2 is 2.31 bits per heavy atom. The van der Waals surface area contributed by atoms with Gasteiger partial charge in [0, 0.05) is 10.6 Å². The minimum atomic E-state index is 0.538. The van der Waals surface area contributed by atoms with E-state index in [1.807, 2.05) is 19.1 Å². The molecule has 1 rings (SSSR count). The molecule has 0 N–H and O–H groups in total. The molecule has 0 atom stereocenters. The lowest BCUT2D eigenvalue weighted by Gasteiger charge is -2.08. The van der Waals surface area contributed by atoms with Gasteiger partial charge in [-0.25, -0.2) is 0 Å². The molecule has 0 spiro atoms. The molecule has 0 radical (unpaired) electrons. The van der Waals surface area contributed by atoms with Crippen LogP contribution in [-0.4, -0.2) is 13.3 Å². The van der Waals surface area contributed by atoms with Gasteiger partial charge in [0.05, 0.1) is 13.2 Å². The van der Waals surface area contributed by atoms with Crippen molar-refractivity contribution in [2.24, 2.45) is 4.99 Å². The van der Waals surface area contributed by atoms with Crippen molar-refractivity contribution in [2.45, 2.75) is 13.5 Å². The zero-order chi connectivity index (χ0) is 9.68. The predicted octanol–water partition coefficient (Wildman–Crippen LogP) is 2.94. The first kappa shape index (κ1) is 10.1. The highest BCUT2D eigenvalue weighted by Crippen LogP contribution is 2.23. The molecule has 0 aliphatic carbocycles. The SMILES string of the molecule is C=NCc1cc(Cl)ccc1OCC. The molecule has 0 unspecified atom stereocenters. The highest BCUT2D eigenvalue weighted by atomic mass is 35.5. The Hall–Kier alpha value is -1.02. The van der Waals surface area contributed by atoms with Crippen LogP contribution < -0.4 is 4.74 Å². The fraction of sp³-hybridized carbons (Fsp3) is 0.300. The van der Waals surface area contributed by atoms with E-state index in [1.54, 1.807) is 6.07 Å². The lowest BCUT2D eigenvalue weighted by Crippen LogP contribution is -1.95. The third kappa shape index (κ3) is 2.74. The molecule has 0 aliphatic rings. The van der Waals surface area contributed by atoms with Crippen LogP contribution in [0.5, 0.6) is 5.75 Å². The van der Waals surface area contributed by atoms with Crippen molar-refractivity contribution >= 4 is 18.3 Å². The normalized spacial score (nSPS) is 9.69. The number of halogens is 1. The van der Waals surface area contributed by atoms with Gasteiger partial charge in [-0.2, -0.15) is 0 Å². The number of nitrogens with zero attached hydrogens (tertiary/aromatic N) is 1. The zero-order valence-corrected chi connectivity index (χ0v) is 8.34. The summed E-state index contributed by atoms with van der Waals surface area (Å²) in [4.78, 5) is 3.80. The van der Waals surface area contributed by atoms with Crippen molar-refractivity contribution in [3.63, 3.8) is 0 Å². The summed E-state index contributed by atoms with van der Waals surface area (Å²) in [6.07, 6.45) is 0. The Balaban J connectivity index is 2.95. The number of hydrogen-bond acceptors (Lipinski definition) is 2. The van der Waals surface area contributed by atoms with E-state index in [9.17, 15) is 0 Å². The molecule has 3 heteroatoms. The topological polar surface area (TPSA) is 21.6 Å². The van der Waals surface area contributed by atoms with Crippen molar-refractivity contribution < 1.29 is 4.74 Å². The van der Waals surface area contributed by atoms with Crippen molar-refractivity contribution in [1.29, 1.82) is 0 Å². The Morgan fingerprint density at radius 3 is 2.92 bits per heavy atom. The van der Waals surface area contributed by atoms with E-state index in [4.69, 9.17) is 16.3 Å². The van der Waals surface area contributed by atoms with Gasteiger partial charge in [0.1, 0.15) is 5.75 Å². The number of aliphatic imine (C=N–C) groups is 1. The van der Waals surface area contributed by atoms with E-state index in [2.05, 4.69) is 11.7 Å². The van der Waals surface area contributed by atoms with Gasteiger partial charge in [0.25, 0.3) is 0 Å². The maximum Gasteiger partial charge on any atom is 0.124 e. The summed E-state index contributed by atoms with van der Waals surface area (Å²) in [6.45, 7) is 6.56. The lowest BCUT2D eigenvalue weighted by atomic mass is 10.2. The maximum atomic E-state index is 5.84. The third-order valence-corrected chi connectivity index (χ3v) is 1.84. The monoisotopic (exact) mass is 197 g/mol. The van der Waals surface area contributed by atoms with Crippen LogP contribution in [0.15, 0.2) is 23.2 Å². The average molecular weight is 198 g/mol. The Labute approximate surface area is 83.2 Å². The summed E-state index contributed by atoms with van der Waals surface area (Å²) in [6, 6.07) is 5.51. The van der Waals surface area contributed by atoms with Gasteiger partial charge in [-0.1, -0.05) is 11.6 Å². The molecule has 1 aromatic rings. The van der Waals surface area contributed by atoms with Gasteiger partial charge in [0.15, 0.2) is 0 Å². The second kappa shape index (κ2) is 4.87. The summed E-state index contributed by atoms with van der Waals surface area (Å²) in [5, 5.41) is 0.696. The third-order valence-electron chi connectivity index (χ3n) is 1.60. The van der Waals surface area contributed by atoms with Crippen LogP contribution in [0.4, 0.5) is 0 Å². The standard InChI is InChI=1S/C10H12ClNO/c1-3-13-10-5-4-9(11)6-8(10)7-12-2/h4-6H,2-3,7H2,1H3. The van der Waals surface area contributed by atoms with Gasteiger partial charge in [-0.05, 0) is 31.8 Å². The number of ether oxygens (including phenoxy) is 1. The first-order valence-corrected chi connectivity index (χ1v) is 4.49. The predicted molar refractivity (Wildman–Crippen MR) is 55.9 cm³/mol. The summed E-state index contributed by atoms with van der Waals surface area (Å²) >= 11 is 5.84. The molecule has 70 valence electrons. The van der Waals surface area contributed by atoms with Crippen molar-refractivity contribution in [3.8, 4) is 5.75 Å². The van der Waals surface area contributed by atoms with E-state index in [1.165, 1.54) is 0 Å². The smallest absolute Gasteiger partial charge is 0.124 e. The molecule has 0 bridgehead atoms. The second-order valence-corrected chi connectivity index (χ2v) is 3.00. The van der Waals surface area contributed by atoms with Crippen LogP contribution in [0.25, 0.3) is 0 Å². The molecular weight excluding hydrogens is 186 g/mol. The maximum absolute atomic E-state index is 5.84. The fourth-order valence-electron chi connectivity index (χ4n) is 1.09. The van der Waals surface area contributed by atoms with Crippen LogP contribution in [-0.2, 0) is 6.54 Å². The van der Waals surface area contributed by atoms with Gasteiger partial charge in [0.2, 0.25) is 0 Å². The molecule has 0 aromatic heterocycles. The second-order valence-electron chi connectivity index (χ2n) is 2.57. The summed E-state index contributed by atoms with van der Waals surface area (Å²) < 4.78 is 5.40. The van der Waals surface area contributed by atoms with Crippen LogP contribution in [0, 0.1) is 0 Å². The molecule has 0 amide bonds. The summed E-state index contributed by atoms with van der Waals surface area (Å²) in [5.74, 6) is 0.833. The molecular formula is C10H12ClNO. The van der Waals surface area contributed by atoms with E-state index in [0.29, 0.717) is 18.2 Å². The number of benzene rings is 1. The van der Waals surface area contributed by atoms with E-state index >= 15 is 0 Å². The van der Waals surface area contributed by atoms with E-state index in [0.717, 1.165) is 11.3 Å². The Morgan fingerprint density at radius 1 is 1.54 bits per heavy atom. The van der Waals surface area contributed by atoms with Gasteiger partial charge in [-0.3, -0.25) is 4.99 Å². The highest BCUT2D eigenvalue weighted by Gasteiger charge is 2.02. The molecule has 0 saturated heterocycles. The summed E-state index contributed by atoms with van der Waals surface area (Å²) in [7, 11) is 0. The van der Waals surface area contributed by atoms with Crippen LogP contribution in [0.3, 0.4) is 0 Å². The first-order valence-electron chi connectivity index (χ1n) is 4.11. The summed E-state index contributed by atoms with van der Waals surface area (Å²) in [5.41, 5.74) is 0.976. The quantitative estimate of drug-likeness (QED) is 0.681. The molecule has 1 aromatic carbocycles. The molecule has 0 heterocycles. The van der Waals surface area contributed by atoms with Gasteiger partial charge in [-0.15, -0.1) is 0 Å². The molecule has 0 fully saturated rings. The first-order chi connectivity index (χ1) is 6.27. The minimum absolute atomic E-state index is 0.538. The van der Waals surface area contributed by atoms with Crippen LogP contribution >= 0.6 is 11.6 Å². The van der Waals surface area contributed by atoms with Crippen LogP contribution in [0.2, 0.25) is 5.02 Å². The zero-order valence-electron chi connectivity index (χ0n) is 7.59. The Kier molecular flexibility index (Phi) is 3.77. The van der Waals surface area contributed by atoms with Crippen molar-refractivity contribution in [1.82, 2.24) is 0 Å². The average Bonchev–Trinajstić information content (AvgIpc) is 2.10.